The van der Waals surface area contributed by atoms with Gasteiger partial charge >= 0.3 is 0 Å². The Labute approximate surface area is 136 Å². The molecule has 3 aliphatic carbocycles. The van der Waals surface area contributed by atoms with Crippen LogP contribution in [0.15, 0.2) is 0 Å². The predicted octanol–water partition coefficient (Wildman–Crippen LogP) is 4.31. The molecule has 0 amide bonds. The van der Waals surface area contributed by atoms with Crippen molar-refractivity contribution >= 4 is 5.78 Å². The third-order valence-electron chi connectivity index (χ3n) is 7.83. The number of aliphatic hydroxyl groups excluding tert-OH is 1. The summed E-state index contributed by atoms with van der Waals surface area (Å²) in [5.41, 5.74) is 0.158. The van der Waals surface area contributed by atoms with Gasteiger partial charge in [-0.05, 0) is 60.7 Å². The fraction of sp³-hybridized carbons (Fsp3) is 0.950. The highest BCUT2D eigenvalue weighted by atomic mass is 16.3. The monoisotopic (exact) mass is 306 g/mol. The molecule has 0 bridgehead atoms. The summed E-state index contributed by atoms with van der Waals surface area (Å²) in [5, 5.41) is 10.9. The quantitative estimate of drug-likeness (QED) is 0.784. The molecule has 0 unspecified atom stereocenters. The molecule has 0 aromatic heterocycles. The summed E-state index contributed by atoms with van der Waals surface area (Å²) in [7, 11) is 0. The number of aliphatic hydroxyl groups is 1. The van der Waals surface area contributed by atoms with Gasteiger partial charge in [0.1, 0.15) is 6.10 Å². The van der Waals surface area contributed by atoms with E-state index in [4.69, 9.17) is 0 Å². The molecule has 1 N–H and O–H groups in total. The molecule has 3 saturated carbocycles. The number of carbonyl (C=O) groups is 1. The van der Waals surface area contributed by atoms with Crippen LogP contribution < -0.4 is 0 Å². The second kappa shape index (κ2) is 5.61. The lowest BCUT2D eigenvalue weighted by atomic mass is 9.60. The van der Waals surface area contributed by atoms with Crippen molar-refractivity contribution in [3.05, 3.63) is 0 Å². The smallest absolute Gasteiger partial charge is 0.164 e. The molecule has 3 rings (SSSR count). The van der Waals surface area contributed by atoms with Crippen molar-refractivity contribution in [3.63, 3.8) is 0 Å². The lowest BCUT2D eigenvalue weighted by Crippen LogP contribution is -2.48. The Morgan fingerprint density at radius 2 is 1.82 bits per heavy atom. The maximum absolute atomic E-state index is 13.0. The third kappa shape index (κ3) is 2.37. The van der Waals surface area contributed by atoms with Crippen LogP contribution in [-0.2, 0) is 4.79 Å². The van der Waals surface area contributed by atoms with Crippen LogP contribution in [0.3, 0.4) is 0 Å². The average Bonchev–Trinajstić information content (AvgIpc) is 2.98. The first-order chi connectivity index (χ1) is 10.3. The summed E-state index contributed by atoms with van der Waals surface area (Å²) in [4.78, 5) is 13.0. The van der Waals surface area contributed by atoms with E-state index < -0.39 is 6.10 Å². The number of rotatable bonds is 1. The molecule has 0 aromatic rings. The SMILES string of the molecule is CC(C)[C@@H]1CC[C@]2(C)C[C@@H]3[C@@H](CC[C@H]3C)[C@H](C)C(=O)[C@H](O)[C@@H]12. The highest BCUT2D eigenvalue weighted by molar-refractivity contribution is 5.85. The van der Waals surface area contributed by atoms with Gasteiger partial charge in [-0.15, -0.1) is 0 Å². The van der Waals surface area contributed by atoms with Crippen LogP contribution in [0.4, 0.5) is 0 Å². The summed E-state index contributed by atoms with van der Waals surface area (Å²) in [6.07, 6.45) is 5.31. The number of hydrogen-bond acceptors (Lipinski definition) is 2. The van der Waals surface area contributed by atoms with Gasteiger partial charge in [-0.1, -0.05) is 41.0 Å². The van der Waals surface area contributed by atoms with Gasteiger partial charge in [0.2, 0.25) is 0 Å². The minimum absolute atomic E-state index is 0.0444. The lowest BCUT2D eigenvalue weighted by molar-refractivity contribution is -0.143. The lowest BCUT2D eigenvalue weighted by Gasteiger charge is -2.45. The summed E-state index contributed by atoms with van der Waals surface area (Å²) in [5.74, 6) is 3.36. The summed E-state index contributed by atoms with van der Waals surface area (Å²) >= 11 is 0. The second-order valence-electron chi connectivity index (χ2n) is 9.35. The molecule has 126 valence electrons. The van der Waals surface area contributed by atoms with Crippen molar-refractivity contribution in [2.45, 2.75) is 72.8 Å². The van der Waals surface area contributed by atoms with Crippen LogP contribution in [0, 0.1) is 46.8 Å². The molecular weight excluding hydrogens is 272 g/mol. The molecule has 22 heavy (non-hydrogen) atoms. The van der Waals surface area contributed by atoms with E-state index in [0.717, 1.165) is 5.92 Å². The molecule has 0 spiro atoms. The zero-order valence-electron chi connectivity index (χ0n) is 15.0. The Balaban J connectivity index is 1.99. The number of ketones is 1. The van der Waals surface area contributed by atoms with Gasteiger partial charge in [-0.3, -0.25) is 4.79 Å². The van der Waals surface area contributed by atoms with Gasteiger partial charge in [0.15, 0.2) is 5.78 Å². The predicted molar refractivity (Wildman–Crippen MR) is 89.3 cm³/mol. The maximum atomic E-state index is 13.0. The van der Waals surface area contributed by atoms with Crippen molar-refractivity contribution in [2.24, 2.45) is 46.8 Å². The van der Waals surface area contributed by atoms with E-state index in [1.165, 1.54) is 32.1 Å². The molecule has 0 aromatic carbocycles. The highest BCUT2D eigenvalue weighted by Crippen LogP contribution is 2.59. The fourth-order valence-electron chi connectivity index (χ4n) is 6.44. The number of hydrogen-bond donors (Lipinski definition) is 1. The van der Waals surface area contributed by atoms with Crippen LogP contribution >= 0.6 is 0 Å². The average molecular weight is 306 g/mol. The van der Waals surface area contributed by atoms with E-state index >= 15 is 0 Å². The summed E-state index contributed by atoms with van der Waals surface area (Å²) < 4.78 is 0. The Morgan fingerprint density at radius 1 is 1.14 bits per heavy atom. The molecule has 0 heterocycles. The second-order valence-corrected chi connectivity index (χ2v) is 9.35. The Morgan fingerprint density at radius 3 is 2.45 bits per heavy atom. The van der Waals surface area contributed by atoms with Crippen LogP contribution in [0.5, 0.6) is 0 Å². The number of Topliss-reactive ketones (excluding diaryl/α,β-unsaturated/α-hetero) is 1. The minimum atomic E-state index is -0.730. The zero-order valence-corrected chi connectivity index (χ0v) is 15.0. The van der Waals surface area contributed by atoms with Gasteiger partial charge in [-0.25, -0.2) is 0 Å². The van der Waals surface area contributed by atoms with Crippen LogP contribution in [0.2, 0.25) is 0 Å². The number of carbonyl (C=O) groups excluding carboxylic acids is 1. The number of fused-ring (bicyclic) bond motifs is 2. The van der Waals surface area contributed by atoms with Crippen LogP contribution in [-0.4, -0.2) is 17.0 Å². The van der Waals surface area contributed by atoms with Crippen molar-refractivity contribution in [2.75, 3.05) is 0 Å². The molecule has 3 aliphatic rings. The van der Waals surface area contributed by atoms with E-state index in [9.17, 15) is 9.90 Å². The molecule has 3 fully saturated rings. The Kier molecular flexibility index (Phi) is 4.21. The first-order valence-electron chi connectivity index (χ1n) is 9.48. The molecule has 0 aliphatic heterocycles. The maximum Gasteiger partial charge on any atom is 0.164 e. The molecule has 0 radical (unpaired) electrons. The normalized spacial score (nSPS) is 52.3. The molecule has 2 heteroatoms. The first-order valence-corrected chi connectivity index (χ1v) is 9.48. The van der Waals surface area contributed by atoms with E-state index in [1.807, 2.05) is 0 Å². The van der Waals surface area contributed by atoms with Crippen molar-refractivity contribution in [3.8, 4) is 0 Å². The highest BCUT2D eigenvalue weighted by Gasteiger charge is 2.56. The van der Waals surface area contributed by atoms with Crippen LogP contribution in [0.25, 0.3) is 0 Å². The first kappa shape index (κ1) is 16.5. The van der Waals surface area contributed by atoms with Crippen molar-refractivity contribution in [1.82, 2.24) is 0 Å². The summed E-state index contributed by atoms with van der Waals surface area (Å²) in [6.45, 7) is 11.4. The zero-order chi connectivity index (χ0) is 16.2. The largest absolute Gasteiger partial charge is 0.385 e. The van der Waals surface area contributed by atoms with E-state index in [2.05, 4.69) is 34.6 Å². The van der Waals surface area contributed by atoms with Gasteiger partial charge in [-0.2, -0.15) is 0 Å². The van der Waals surface area contributed by atoms with Gasteiger partial charge in [0.05, 0.1) is 0 Å². The van der Waals surface area contributed by atoms with Gasteiger partial charge in [0, 0.05) is 11.8 Å². The topological polar surface area (TPSA) is 37.3 Å². The van der Waals surface area contributed by atoms with E-state index in [0.29, 0.717) is 23.7 Å². The molecule has 0 saturated heterocycles. The Bertz CT molecular complexity index is 443. The standard InChI is InChI=1S/C20H34O2/c1-11(2)14-8-9-20(5)10-16-12(3)6-7-15(16)13(4)18(21)19(22)17(14)20/h11-17,19,22H,6-10H2,1-5H3/t12-,13+,14+,15+,16+,17-,19-,20-/m1/s1. The summed E-state index contributed by atoms with van der Waals surface area (Å²) in [6, 6.07) is 0. The van der Waals surface area contributed by atoms with E-state index in [1.54, 1.807) is 0 Å². The van der Waals surface area contributed by atoms with Crippen molar-refractivity contribution < 1.29 is 9.90 Å². The fourth-order valence-corrected chi connectivity index (χ4v) is 6.44. The molecule has 2 nitrogen and oxygen atoms in total. The molecule has 8 atom stereocenters. The van der Waals surface area contributed by atoms with Gasteiger partial charge in [0.25, 0.3) is 0 Å². The van der Waals surface area contributed by atoms with Crippen molar-refractivity contribution in [1.29, 1.82) is 0 Å². The van der Waals surface area contributed by atoms with Gasteiger partial charge < -0.3 is 5.11 Å². The van der Waals surface area contributed by atoms with Crippen LogP contribution in [0.1, 0.15) is 66.7 Å². The minimum Gasteiger partial charge on any atom is -0.385 e. The van der Waals surface area contributed by atoms with E-state index in [-0.39, 0.29) is 23.0 Å². The third-order valence-corrected chi connectivity index (χ3v) is 7.83. The Hall–Kier alpha value is -0.370. The molecular formula is C20H34O2.